The molecule has 138 valence electrons. The van der Waals surface area contributed by atoms with Crippen LogP contribution in [0.5, 0.6) is 0 Å². The van der Waals surface area contributed by atoms with Gasteiger partial charge in [-0.25, -0.2) is 10.6 Å². The molecule has 2 heterocycles. The summed E-state index contributed by atoms with van der Waals surface area (Å²) in [6.45, 7) is 5.92. The number of benzene rings is 1. The fraction of sp³-hybridized carbons (Fsp3) is 0.556. The topological polar surface area (TPSA) is 74.0 Å². The van der Waals surface area contributed by atoms with E-state index in [9.17, 15) is 4.79 Å². The van der Waals surface area contributed by atoms with Crippen LogP contribution >= 0.6 is 12.4 Å². The number of carbonyl (C=O) groups excluding carboxylic acids is 1. The maximum atomic E-state index is 11.8. The molecule has 0 aliphatic carbocycles. The number of amidine groups is 1. The first-order valence-corrected chi connectivity index (χ1v) is 8.86. The highest BCUT2D eigenvalue weighted by atomic mass is 35.5. The lowest BCUT2D eigenvalue weighted by Crippen LogP contribution is -2.44. The summed E-state index contributed by atoms with van der Waals surface area (Å²) in [4.78, 5) is 18.2. The van der Waals surface area contributed by atoms with Gasteiger partial charge in [-0.1, -0.05) is 24.3 Å². The molecule has 0 spiro atoms. The van der Waals surface area contributed by atoms with Gasteiger partial charge in [0.15, 0.2) is 0 Å². The molecule has 3 rings (SSSR count). The van der Waals surface area contributed by atoms with Gasteiger partial charge in [0.05, 0.1) is 13.1 Å². The molecule has 25 heavy (non-hydrogen) atoms. The monoisotopic (exact) mass is 365 g/mol. The average molecular weight is 366 g/mol. The van der Waals surface area contributed by atoms with Crippen LogP contribution in [0.4, 0.5) is 4.79 Å². The zero-order valence-electron chi connectivity index (χ0n) is 14.8. The number of amides is 2. The lowest BCUT2D eigenvalue weighted by Gasteiger charge is -2.32. The number of carbonyl (C=O) groups is 1. The molecule has 2 amide bonds. The normalized spacial score (nSPS) is 17.9. The highest BCUT2D eigenvalue weighted by Crippen LogP contribution is 2.22. The average Bonchev–Trinajstić information content (AvgIpc) is 3.02. The number of rotatable bonds is 4. The minimum absolute atomic E-state index is 0. The second-order valence-corrected chi connectivity index (χ2v) is 6.57. The molecule has 0 unspecified atom stereocenters. The smallest absolute Gasteiger partial charge is 0.317 e. The number of aliphatic imine (C=N–C) groups is 1. The van der Waals surface area contributed by atoms with Gasteiger partial charge in [0.2, 0.25) is 0 Å². The van der Waals surface area contributed by atoms with E-state index in [1.807, 2.05) is 11.8 Å². The van der Waals surface area contributed by atoms with Crippen molar-refractivity contribution in [1.29, 1.82) is 0 Å². The van der Waals surface area contributed by atoms with Crippen LogP contribution in [0.3, 0.4) is 0 Å². The number of nitrogens with zero attached hydrogens (tertiary/aromatic N) is 3. The summed E-state index contributed by atoms with van der Waals surface area (Å²) in [5.41, 5.74) is 2.43. The zero-order chi connectivity index (χ0) is 16.9. The highest BCUT2D eigenvalue weighted by Gasteiger charge is 2.22. The Bertz CT molecular complexity index is 596. The van der Waals surface area contributed by atoms with Gasteiger partial charge in [0.1, 0.15) is 5.84 Å². The van der Waals surface area contributed by atoms with Gasteiger partial charge < -0.3 is 10.2 Å². The largest absolute Gasteiger partial charge is 0.338 e. The number of hydrogen-bond acceptors (Lipinski definition) is 4. The molecule has 2 aliphatic heterocycles. The van der Waals surface area contributed by atoms with E-state index in [0.29, 0.717) is 12.5 Å². The predicted molar refractivity (Wildman–Crippen MR) is 103 cm³/mol. The van der Waals surface area contributed by atoms with Crippen molar-refractivity contribution < 1.29 is 4.79 Å². The quantitative estimate of drug-likeness (QED) is 0.802. The van der Waals surface area contributed by atoms with E-state index < -0.39 is 0 Å². The number of hydrazine groups is 1. The van der Waals surface area contributed by atoms with Crippen molar-refractivity contribution in [3.8, 4) is 0 Å². The Morgan fingerprint density at radius 2 is 1.92 bits per heavy atom. The molecule has 0 aromatic heterocycles. The molecule has 0 radical (unpaired) electrons. The summed E-state index contributed by atoms with van der Waals surface area (Å²) in [6.07, 6.45) is 3.21. The minimum Gasteiger partial charge on any atom is -0.338 e. The van der Waals surface area contributed by atoms with Crippen LogP contribution < -0.4 is 11.2 Å². The van der Waals surface area contributed by atoms with Crippen molar-refractivity contribution >= 4 is 24.3 Å². The Labute approximate surface area is 155 Å². The van der Waals surface area contributed by atoms with Crippen LogP contribution in [0.2, 0.25) is 0 Å². The van der Waals surface area contributed by atoms with Crippen LogP contribution in [-0.2, 0) is 6.42 Å². The molecule has 1 aromatic carbocycles. The Morgan fingerprint density at radius 3 is 2.48 bits per heavy atom. The summed E-state index contributed by atoms with van der Waals surface area (Å²) >= 11 is 0. The number of nitrogens with two attached hydrogens (primary N) is 1. The first-order valence-electron chi connectivity index (χ1n) is 8.86. The van der Waals surface area contributed by atoms with E-state index in [-0.39, 0.29) is 18.4 Å². The van der Waals surface area contributed by atoms with Gasteiger partial charge in [0.25, 0.3) is 0 Å². The number of likely N-dealkylation sites (tertiary alicyclic amines) is 1. The van der Waals surface area contributed by atoms with Crippen molar-refractivity contribution in [2.24, 2.45) is 16.8 Å². The zero-order valence-corrected chi connectivity index (χ0v) is 15.6. The van der Waals surface area contributed by atoms with Crippen LogP contribution in [-0.4, -0.2) is 54.5 Å². The third-order valence-electron chi connectivity index (χ3n) is 4.84. The minimum atomic E-state index is 0. The number of hydrogen-bond donors (Lipinski definition) is 2. The molecule has 6 nitrogen and oxygen atoms in total. The van der Waals surface area contributed by atoms with E-state index >= 15 is 0 Å². The maximum Gasteiger partial charge on any atom is 0.317 e. The van der Waals surface area contributed by atoms with E-state index in [2.05, 4.69) is 34.6 Å². The van der Waals surface area contributed by atoms with Gasteiger partial charge in [0, 0.05) is 25.2 Å². The molecular formula is C18H28ClN5O. The van der Waals surface area contributed by atoms with Crippen LogP contribution in [0.25, 0.3) is 0 Å². The third kappa shape index (κ3) is 4.86. The van der Waals surface area contributed by atoms with Crippen molar-refractivity contribution in [3.05, 3.63) is 35.4 Å². The molecule has 0 bridgehead atoms. The second kappa shape index (κ2) is 9.06. The first kappa shape index (κ1) is 19.5. The van der Waals surface area contributed by atoms with Crippen LogP contribution in [0.1, 0.15) is 30.9 Å². The summed E-state index contributed by atoms with van der Waals surface area (Å²) in [7, 11) is 0. The molecule has 0 atom stereocenters. The third-order valence-corrected chi connectivity index (χ3v) is 4.84. The predicted octanol–water partition coefficient (Wildman–Crippen LogP) is 2.03. The molecule has 1 aromatic rings. The summed E-state index contributed by atoms with van der Waals surface area (Å²) in [6, 6.07) is 8.66. The number of halogens is 1. The van der Waals surface area contributed by atoms with E-state index in [1.54, 1.807) is 5.01 Å². The van der Waals surface area contributed by atoms with Gasteiger partial charge in [-0.3, -0.25) is 10.0 Å². The Morgan fingerprint density at radius 1 is 1.24 bits per heavy atom. The summed E-state index contributed by atoms with van der Waals surface area (Å²) in [5, 5.41) is 4.59. The maximum absolute atomic E-state index is 11.8. The SMILES string of the molecule is CCNC(=O)N1CCC(Cc2ccc(C3=NCCN3N)cc2)CC1.Cl. The van der Waals surface area contributed by atoms with Crippen molar-refractivity contribution in [1.82, 2.24) is 15.2 Å². The summed E-state index contributed by atoms with van der Waals surface area (Å²) < 4.78 is 0. The highest BCUT2D eigenvalue weighted by molar-refractivity contribution is 5.99. The van der Waals surface area contributed by atoms with Crippen molar-refractivity contribution in [3.63, 3.8) is 0 Å². The van der Waals surface area contributed by atoms with Gasteiger partial charge in [-0.15, -0.1) is 12.4 Å². The Balaban J connectivity index is 0.00000225. The lowest BCUT2D eigenvalue weighted by molar-refractivity contribution is 0.171. The summed E-state index contributed by atoms with van der Waals surface area (Å²) in [5.74, 6) is 7.46. The van der Waals surface area contributed by atoms with Gasteiger partial charge in [-0.2, -0.15) is 0 Å². The van der Waals surface area contributed by atoms with E-state index in [4.69, 9.17) is 5.84 Å². The van der Waals surface area contributed by atoms with Crippen molar-refractivity contribution in [2.45, 2.75) is 26.2 Å². The fourth-order valence-corrected chi connectivity index (χ4v) is 3.44. The Hall–Kier alpha value is -1.79. The first-order chi connectivity index (χ1) is 11.7. The molecule has 1 fully saturated rings. The molecular weight excluding hydrogens is 338 g/mol. The number of piperidine rings is 1. The molecule has 7 heteroatoms. The Kier molecular flexibility index (Phi) is 7.08. The number of urea groups is 1. The van der Waals surface area contributed by atoms with Crippen molar-refractivity contribution in [2.75, 3.05) is 32.7 Å². The van der Waals surface area contributed by atoms with E-state index in [1.165, 1.54) is 5.56 Å². The van der Waals surface area contributed by atoms with Gasteiger partial charge >= 0.3 is 6.03 Å². The molecule has 3 N–H and O–H groups in total. The lowest BCUT2D eigenvalue weighted by atomic mass is 9.90. The van der Waals surface area contributed by atoms with Crippen LogP contribution in [0.15, 0.2) is 29.3 Å². The van der Waals surface area contributed by atoms with Crippen LogP contribution in [0, 0.1) is 5.92 Å². The second-order valence-electron chi connectivity index (χ2n) is 6.57. The number of nitrogens with one attached hydrogen (secondary N) is 1. The molecule has 1 saturated heterocycles. The molecule has 0 saturated carbocycles. The standard InChI is InChI=1S/C18H27N5O.ClH/c1-2-20-18(24)22-10-7-15(8-11-22)13-14-3-5-16(6-4-14)17-21-9-12-23(17)19;/h3-6,15H,2,7-13,19H2,1H3,(H,20,24);1H. The fourth-order valence-electron chi connectivity index (χ4n) is 3.44. The van der Waals surface area contributed by atoms with Gasteiger partial charge in [-0.05, 0) is 37.7 Å². The molecule has 2 aliphatic rings. The van der Waals surface area contributed by atoms with E-state index in [0.717, 1.165) is 56.8 Å².